The Morgan fingerprint density at radius 3 is 2.33 bits per heavy atom. The molecule has 0 fully saturated rings. The molecule has 2 N–H and O–H groups in total. The smallest absolute Gasteiger partial charge is 0.255 e. The van der Waals surface area contributed by atoms with E-state index in [4.69, 9.17) is 4.98 Å². The maximum Gasteiger partial charge on any atom is 0.255 e. The lowest BCUT2D eigenvalue weighted by Gasteiger charge is -2.17. The van der Waals surface area contributed by atoms with Crippen LogP contribution >= 0.6 is 11.3 Å². The van der Waals surface area contributed by atoms with Gasteiger partial charge in [0.05, 0.1) is 5.69 Å². The third-order valence-electron chi connectivity index (χ3n) is 6.27. The minimum Gasteiger partial charge on any atom is -0.331 e. The molecule has 5 nitrogen and oxygen atoms in total. The Labute approximate surface area is 214 Å². The highest BCUT2D eigenvalue weighted by Gasteiger charge is 2.15. The largest absolute Gasteiger partial charge is 0.331 e. The molecule has 3 aromatic carbocycles. The molecule has 0 aliphatic carbocycles. The summed E-state index contributed by atoms with van der Waals surface area (Å²) in [5.41, 5.74) is 9.61. The van der Waals surface area contributed by atoms with Gasteiger partial charge in [-0.2, -0.15) is 0 Å². The van der Waals surface area contributed by atoms with Crippen LogP contribution in [0.25, 0.3) is 22.4 Å². The standard InChI is InChI=1S/C30H26N4OS/c1-19-10-12-25(28(21(19)3)23-7-5-4-6-8-23)32-29(35)24-11-9-20(2)26(17-24)33-30-34-27(18-36-30)22-13-15-31-16-14-22/h4-18H,1-3H3,(H,32,35)(H,33,34). The highest BCUT2D eigenvalue weighted by atomic mass is 32.1. The van der Waals surface area contributed by atoms with E-state index in [-0.39, 0.29) is 5.91 Å². The van der Waals surface area contributed by atoms with E-state index in [0.29, 0.717) is 5.56 Å². The molecule has 1 amide bonds. The van der Waals surface area contributed by atoms with Crippen LogP contribution in [0, 0.1) is 20.8 Å². The van der Waals surface area contributed by atoms with Crippen molar-refractivity contribution < 1.29 is 4.79 Å². The average Bonchev–Trinajstić information content (AvgIpc) is 3.37. The van der Waals surface area contributed by atoms with E-state index in [1.165, 1.54) is 16.9 Å². The summed E-state index contributed by atoms with van der Waals surface area (Å²) in [6.45, 7) is 6.19. The Balaban J connectivity index is 1.40. The first kappa shape index (κ1) is 23.5. The fourth-order valence-electron chi connectivity index (χ4n) is 4.09. The number of benzene rings is 3. The second-order valence-electron chi connectivity index (χ2n) is 8.68. The summed E-state index contributed by atoms with van der Waals surface area (Å²) in [5, 5.41) is 9.31. The van der Waals surface area contributed by atoms with Crippen LogP contribution in [0.1, 0.15) is 27.0 Å². The van der Waals surface area contributed by atoms with Gasteiger partial charge in [-0.1, -0.05) is 42.5 Å². The molecule has 0 unspecified atom stereocenters. The monoisotopic (exact) mass is 490 g/mol. The molecule has 0 bridgehead atoms. The van der Waals surface area contributed by atoms with Crippen molar-refractivity contribution in [1.29, 1.82) is 0 Å². The quantitative estimate of drug-likeness (QED) is 0.255. The van der Waals surface area contributed by atoms with Gasteiger partial charge in [-0.3, -0.25) is 9.78 Å². The molecule has 0 atom stereocenters. The van der Waals surface area contributed by atoms with E-state index in [2.05, 4.69) is 41.6 Å². The van der Waals surface area contributed by atoms with Crippen LogP contribution in [-0.4, -0.2) is 15.9 Å². The fraction of sp³-hybridized carbons (Fsp3) is 0.100. The minimum absolute atomic E-state index is 0.157. The van der Waals surface area contributed by atoms with Crippen LogP contribution in [0.15, 0.2) is 90.6 Å². The van der Waals surface area contributed by atoms with Crippen LogP contribution < -0.4 is 10.6 Å². The number of pyridine rings is 1. The number of aromatic nitrogens is 2. The second kappa shape index (κ2) is 10.1. The molecule has 0 spiro atoms. The molecular weight excluding hydrogens is 464 g/mol. The van der Waals surface area contributed by atoms with Crippen molar-refractivity contribution in [3.63, 3.8) is 0 Å². The van der Waals surface area contributed by atoms with Crippen LogP contribution in [0.2, 0.25) is 0 Å². The van der Waals surface area contributed by atoms with Gasteiger partial charge in [0.1, 0.15) is 0 Å². The van der Waals surface area contributed by atoms with Gasteiger partial charge in [-0.25, -0.2) is 4.98 Å². The highest BCUT2D eigenvalue weighted by Crippen LogP contribution is 2.34. The van der Waals surface area contributed by atoms with Crippen molar-refractivity contribution in [2.45, 2.75) is 20.8 Å². The molecule has 5 rings (SSSR count). The lowest BCUT2D eigenvalue weighted by Crippen LogP contribution is -2.13. The summed E-state index contributed by atoms with van der Waals surface area (Å²) in [7, 11) is 0. The van der Waals surface area contributed by atoms with Gasteiger partial charge in [0.15, 0.2) is 5.13 Å². The number of rotatable bonds is 6. The van der Waals surface area contributed by atoms with E-state index in [1.807, 2.05) is 73.0 Å². The summed E-state index contributed by atoms with van der Waals surface area (Å²) in [6, 6.07) is 23.7. The minimum atomic E-state index is -0.157. The van der Waals surface area contributed by atoms with Gasteiger partial charge >= 0.3 is 0 Å². The van der Waals surface area contributed by atoms with Crippen molar-refractivity contribution in [3.8, 4) is 22.4 Å². The first-order valence-electron chi connectivity index (χ1n) is 11.7. The van der Waals surface area contributed by atoms with Gasteiger partial charge in [-0.15, -0.1) is 11.3 Å². The van der Waals surface area contributed by atoms with Gasteiger partial charge in [0, 0.05) is 45.8 Å². The van der Waals surface area contributed by atoms with Crippen molar-refractivity contribution in [2.24, 2.45) is 0 Å². The molecule has 0 aliphatic heterocycles. The predicted octanol–water partition coefficient (Wildman–Crippen LogP) is 7.79. The first-order valence-corrected chi connectivity index (χ1v) is 12.6. The molecule has 5 aromatic rings. The fourth-order valence-corrected chi connectivity index (χ4v) is 4.82. The number of thiazole rings is 1. The zero-order valence-electron chi connectivity index (χ0n) is 20.4. The maximum absolute atomic E-state index is 13.3. The molecule has 6 heteroatoms. The topological polar surface area (TPSA) is 66.9 Å². The van der Waals surface area contributed by atoms with Crippen LogP contribution in [-0.2, 0) is 0 Å². The molecule has 0 radical (unpaired) electrons. The summed E-state index contributed by atoms with van der Waals surface area (Å²) in [4.78, 5) is 22.1. The SMILES string of the molecule is Cc1ccc(C(=O)Nc2ccc(C)c(C)c2-c2ccccc2)cc1Nc1nc(-c2ccncc2)cs1. The van der Waals surface area contributed by atoms with Gasteiger partial charge in [-0.05, 0) is 73.4 Å². The van der Waals surface area contributed by atoms with Crippen LogP contribution in [0.5, 0.6) is 0 Å². The average molecular weight is 491 g/mol. The Bertz CT molecular complexity index is 1530. The number of anilines is 3. The van der Waals surface area contributed by atoms with Crippen molar-refractivity contribution in [2.75, 3.05) is 10.6 Å². The van der Waals surface area contributed by atoms with Gasteiger partial charge in [0.2, 0.25) is 0 Å². The third kappa shape index (κ3) is 4.90. The van der Waals surface area contributed by atoms with Crippen molar-refractivity contribution >= 4 is 33.8 Å². The highest BCUT2D eigenvalue weighted by molar-refractivity contribution is 7.14. The summed E-state index contributed by atoms with van der Waals surface area (Å²) in [6.07, 6.45) is 3.51. The third-order valence-corrected chi connectivity index (χ3v) is 7.03. The molecule has 36 heavy (non-hydrogen) atoms. The second-order valence-corrected chi connectivity index (χ2v) is 9.54. The zero-order chi connectivity index (χ0) is 25.1. The normalized spacial score (nSPS) is 10.8. The number of nitrogens with one attached hydrogen (secondary N) is 2. The molecule has 0 saturated heterocycles. The van der Waals surface area contributed by atoms with E-state index in [9.17, 15) is 4.79 Å². The Morgan fingerprint density at radius 1 is 0.806 bits per heavy atom. The Morgan fingerprint density at radius 2 is 1.56 bits per heavy atom. The number of carbonyl (C=O) groups excluding carboxylic acids is 1. The van der Waals surface area contributed by atoms with Crippen molar-refractivity contribution in [3.05, 3.63) is 113 Å². The summed E-state index contributed by atoms with van der Waals surface area (Å²) >= 11 is 1.52. The number of hydrogen-bond acceptors (Lipinski definition) is 5. The van der Waals surface area contributed by atoms with Gasteiger partial charge < -0.3 is 10.6 Å². The lowest BCUT2D eigenvalue weighted by molar-refractivity contribution is 0.102. The van der Waals surface area contributed by atoms with E-state index in [1.54, 1.807) is 12.4 Å². The van der Waals surface area contributed by atoms with Crippen molar-refractivity contribution in [1.82, 2.24) is 9.97 Å². The zero-order valence-corrected chi connectivity index (χ0v) is 21.2. The number of nitrogens with zero attached hydrogens (tertiary/aromatic N) is 2. The molecule has 178 valence electrons. The lowest BCUT2D eigenvalue weighted by atomic mass is 9.95. The summed E-state index contributed by atoms with van der Waals surface area (Å²) < 4.78 is 0. The van der Waals surface area contributed by atoms with E-state index >= 15 is 0 Å². The molecule has 2 heterocycles. The van der Waals surface area contributed by atoms with Crippen LogP contribution in [0.3, 0.4) is 0 Å². The van der Waals surface area contributed by atoms with E-state index < -0.39 is 0 Å². The Hall–Kier alpha value is -4.29. The first-order chi connectivity index (χ1) is 17.5. The molecular formula is C30H26N4OS. The number of carbonyl (C=O) groups is 1. The van der Waals surface area contributed by atoms with E-state index in [0.717, 1.165) is 50.0 Å². The maximum atomic E-state index is 13.3. The Kier molecular flexibility index (Phi) is 6.60. The van der Waals surface area contributed by atoms with Gasteiger partial charge in [0.25, 0.3) is 5.91 Å². The molecule has 2 aromatic heterocycles. The number of hydrogen-bond donors (Lipinski definition) is 2. The number of aryl methyl sites for hydroxylation is 2. The predicted molar refractivity (Wildman–Crippen MR) is 149 cm³/mol. The summed E-state index contributed by atoms with van der Waals surface area (Å²) in [5.74, 6) is -0.157. The molecule has 0 aliphatic rings. The molecule has 0 saturated carbocycles. The van der Waals surface area contributed by atoms with Crippen LogP contribution in [0.4, 0.5) is 16.5 Å². The number of amides is 1.